The summed E-state index contributed by atoms with van der Waals surface area (Å²) < 4.78 is 69.3. The zero-order valence-corrected chi connectivity index (χ0v) is 33.5. The van der Waals surface area contributed by atoms with Crippen LogP contribution in [0.2, 0.25) is 0 Å². The Labute approximate surface area is 313 Å². The normalized spacial score (nSPS) is 14.6. The predicted octanol–water partition coefficient (Wildman–Crippen LogP) is 8.71. The molecule has 3 heterocycles. The summed E-state index contributed by atoms with van der Waals surface area (Å²) >= 11 is 4.94. The lowest BCUT2D eigenvalue weighted by Crippen LogP contribution is -2.36. The van der Waals surface area contributed by atoms with Crippen LogP contribution < -0.4 is 9.47 Å². The number of aryl methyl sites for hydroxylation is 1. The molecule has 5 aromatic rings. The van der Waals surface area contributed by atoms with Crippen LogP contribution in [0.5, 0.6) is 0 Å². The van der Waals surface area contributed by atoms with Crippen LogP contribution in [0, 0.1) is 0 Å². The third-order valence-corrected chi connectivity index (χ3v) is 13.6. The molecule has 1 aliphatic heterocycles. The van der Waals surface area contributed by atoms with E-state index in [4.69, 9.17) is 0 Å². The summed E-state index contributed by atoms with van der Waals surface area (Å²) in [5, 5.41) is 7.29. The molecule has 1 aliphatic rings. The Morgan fingerprint density at radius 2 is 1.53 bits per heavy atom. The van der Waals surface area contributed by atoms with Crippen molar-refractivity contribution in [2.24, 2.45) is 0 Å². The van der Waals surface area contributed by atoms with E-state index >= 15 is 0 Å². The summed E-state index contributed by atoms with van der Waals surface area (Å²) in [5.41, 5.74) is 3.15. The van der Waals surface area contributed by atoms with Crippen molar-refractivity contribution in [3.63, 3.8) is 0 Å². The molecule has 3 aromatic carbocycles. The molecule has 0 atom stereocenters. The molecule has 6 rings (SSSR count). The number of hydrogen-bond donors (Lipinski definition) is 2. The third kappa shape index (κ3) is 9.99. The minimum Gasteiger partial charge on any atom is -0.334 e. The molecule has 0 amide bonds. The molecule has 0 aliphatic carbocycles. The molecule has 0 bridgehead atoms. The van der Waals surface area contributed by atoms with Gasteiger partial charge in [0.2, 0.25) is 5.52 Å². The number of benzene rings is 3. The number of thiazole rings is 1. The molecule has 0 spiro atoms. The quantitative estimate of drug-likeness (QED) is 0.0842. The molecule has 2 N–H and O–H groups in total. The van der Waals surface area contributed by atoms with E-state index in [-0.39, 0.29) is 24.3 Å². The maximum Gasteiger partial charge on any atom is 0.265 e. The van der Waals surface area contributed by atoms with E-state index in [1.165, 1.54) is 19.6 Å². The first-order chi connectivity index (χ1) is 24.4. The topological polar surface area (TPSA) is 119 Å². The Balaban J connectivity index is 0.000000654. The molecule has 0 radical (unpaired) electrons. The van der Waals surface area contributed by atoms with E-state index in [9.17, 15) is 25.9 Å². The molecular weight excluding hydrogens is 743 g/mol. The van der Waals surface area contributed by atoms with Crippen molar-refractivity contribution >= 4 is 97.5 Å². The van der Waals surface area contributed by atoms with Gasteiger partial charge in [0.1, 0.15) is 4.70 Å². The second-order valence-electron chi connectivity index (χ2n) is 12.2. The van der Waals surface area contributed by atoms with E-state index in [1.807, 2.05) is 12.1 Å². The zero-order chi connectivity index (χ0) is 36.8. The molecule has 14 heteroatoms. The number of anilines is 1. The summed E-state index contributed by atoms with van der Waals surface area (Å²) in [5.74, 6) is -0.632. The summed E-state index contributed by atoms with van der Waals surface area (Å²) in [6, 6.07) is 18.6. The monoisotopic (exact) mass is 788 g/mol. The molecule has 9 nitrogen and oxygen atoms in total. The lowest BCUT2D eigenvalue weighted by Gasteiger charge is -2.22. The van der Waals surface area contributed by atoms with Gasteiger partial charge in [-0.1, -0.05) is 81.1 Å². The van der Waals surface area contributed by atoms with Crippen molar-refractivity contribution in [2.75, 3.05) is 42.6 Å². The van der Waals surface area contributed by atoms with Gasteiger partial charge in [-0.2, -0.15) is 21.4 Å². The van der Waals surface area contributed by atoms with Gasteiger partial charge in [0.15, 0.2) is 6.54 Å². The lowest BCUT2D eigenvalue weighted by molar-refractivity contribution is -0.667. The van der Waals surface area contributed by atoms with E-state index in [0.717, 1.165) is 63.7 Å². The fraction of sp³-hybridized carbons (Fsp3) is 0.378. The van der Waals surface area contributed by atoms with Crippen molar-refractivity contribution in [3.8, 4) is 0 Å². The highest BCUT2D eigenvalue weighted by atomic mass is 32.2. The molecular formula is C37H46N3O6S5+. The van der Waals surface area contributed by atoms with Crippen molar-refractivity contribution < 1.29 is 30.5 Å². The van der Waals surface area contributed by atoms with Gasteiger partial charge in [-0.15, -0.1) is 11.3 Å². The van der Waals surface area contributed by atoms with Crippen molar-refractivity contribution in [1.29, 1.82) is 0 Å². The second-order valence-corrected chi connectivity index (χ2v) is 18.4. The van der Waals surface area contributed by atoms with Crippen LogP contribution in [0.3, 0.4) is 0 Å². The largest absolute Gasteiger partial charge is 0.334 e. The van der Waals surface area contributed by atoms with E-state index < -0.39 is 20.2 Å². The number of rotatable bonds is 14. The Morgan fingerprint density at radius 3 is 2.20 bits per heavy atom. The highest BCUT2D eigenvalue weighted by Crippen LogP contribution is 2.50. The van der Waals surface area contributed by atoms with Gasteiger partial charge in [-0.05, 0) is 79.2 Å². The molecule has 51 heavy (non-hydrogen) atoms. The Kier molecular flexibility index (Phi) is 13.4. The van der Waals surface area contributed by atoms with Gasteiger partial charge < -0.3 is 9.80 Å². The van der Waals surface area contributed by atoms with Gasteiger partial charge in [-0.25, -0.2) is 0 Å². The van der Waals surface area contributed by atoms with E-state index in [0.29, 0.717) is 13.1 Å². The minimum absolute atomic E-state index is 0.269. The van der Waals surface area contributed by atoms with Crippen LogP contribution >= 0.6 is 34.4 Å². The fourth-order valence-electron chi connectivity index (χ4n) is 6.22. The first-order valence-corrected chi connectivity index (χ1v) is 22.9. The molecule has 0 fully saturated rings. The summed E-state index contributed by atoms with van der Waals surface area (Å²) in [6.07, 6.45) is 5.55. The third-order valence-electron chi connectivity index (χ3n) is 8.87. The molecule has 0 saturated carbocycles. The summed E-state index contributed by atoms with van der Waals surface area (Å²) in [6.45, 7) is 13.1. The van der Waals surface area contributed by atoms with E-state index in [2.05, 4.69) is 102 Å². The van der Waals surface area contributed by atoms with Crippen molar-refractivity contribution in [2.45, 2.75) is 58.4 Å². The Bertz CT molecular complexity index is 2270. The lowest BCUT2D eigenvalue weighted by atomic mass is 10.1. The number of thiophene rings is 1. The van der Waals surface area contributed by atoms with E-state index in [1.54, 1.807) is 34.4 Å². The first-order valence-electron chi connectivity index (χ1n) is 17.2. The number of hydrogen-bond acceptors (Lipinski definition) is 9. The highest BCUT2D eigenvalue weighted by molar-refractivity contribution is 8.03. The van der Waals surface area contributed by atoms with Crippen molar-refractivity contribution in [3.05, 3.63) is 81.7 Å². The van der Waals surface area contributed by atoms with Gasteiger partial charge in [0, 0.05) is 34.0 Å². The number of allylic oxidation sites excluding steroid dienone is 2. The van der Waals surface area contributed by atoms with Crippen LogP contribution in [0.1, 0.15) is 52.0 Å². The highest BCUT2D eigenvalue weighted by Gasteiger charge is 2.28. The maximum absolute atomic E-state index is 11.5. The number of thioether (sulfide) groups is 1. The number of nitrogens with zero attached hydrogens (tertiary/aromatic N) is 3. The van der Waals surface area contributed by atoms with Crippen LogP contribution in [0.4, 0.5) is 5.69 Å². The van der Waals surface area contributed by atoms with Gasteiger partial charge in [0.05, 0.1) is 27.6 Å². The summed E-state index contributed by atoms with van der Waals surface area (Å²) in [7, 11) is -8.16. The maximum atomic E-state index is 11.5. The fourth-order valence-corrected chi connectivity index (χ4v) is 10.4. The minimum atomic E-state index is -4.09. The van der Waals surface area contributed by atoms with Gasteiger partial charge in [-0.3, -0.25) is 9.11 Å². The molecule has 2 aromatic heterocycles. The first kappa shape index (κ1) is 39.4. The molecule has 0 saturated heterocycles. The molecule has 0 unspecified atom stereocenters. The van der Waals surface area contributed by atoms with Crippen LogP contribution in [-0.4, -0.2) is 68.5 Å². The smallest absolute Gasteiger partial charge is 0.265 e. The van der Waals surface area contributed by atoms with Crippen molar-refractivity contribution in [1.82, 2.24) is 4.90 Å². The number of aromatic nitrogens is 1. The van der Waals surface area contributed by atoms with Crippen LogP contribution in [-0.2, 0) is 26.8 Å². The van der Waals surface area contributed by atoms with Gasteiger partial charge >= 0.3 is 0 Å². The average Bonchev–Trinajstić information content (AvgIpc) is 3.80. The average molecular weight is 789 g/mol. The van der Waals surface area contributed by atoms with Crippen LogP contribution in [0.25, 0.3) is 37.2 Å². The number of fused-ring (bicyclic) bond motifs is 6. The SMILES string of the molecule is CCC(=C\c1sc2ccc3sccc3c2[n+]1CCCS(=O)(=O)O)/C=C1/Sc2ccc3ccccc3c2N1CCCS(=O)(=O)O.CCN(CC)CC. The standard InChI is InChI=1S/C31H30N2O6S5.C6H15N/c1-2-21(20-29-33(15-6-18-44(37,38)39)31-24-13-16-40-25(24)11-12-27(31)42-29)19-28-32(14-5-17-43(34,35)36)30-23-8-4-3-7-22(23)9-10-26(30)41-28;1-4-7(5-2)6-3/h3-4,7-13,16,19-20H,2,5-6,14-15,17-18H2,1H3,(H-,34,35,36,37,38,39);4-6H2,1-3H3/p+1. The Hall–Kier alpha value is -2.82. The summed E-state index contributed by atoms with van der Waals surface area (Å²) in [4.78, 5) is 5.61. The molecule has 274 valence electrons. The predicted molar refractivity (Wildman–Crippen MR) is 216 cm³/mol. The Morgan fingerprint density at radius 1 is 0.843 bits per heavy atom. The van der Waals surface area contributed by atoms with Gasteiger partial charge in [0.25, 0.3) is 25.2 Å². The second kappa shape index (κ2) is 17.3. The van der Waals surface area contributed by atoms with Crippen LogP contribution in [0.15, 0.2) is 81.6 Å². The zero-order valence-electron chi connectivity index (χ0n) is 29.4.